The van der Waals surface area contributed by atoms with Gasteiger partial charge in [-0.3, -0.25) is 0 Å². The molecule has 0 spiro atoms. The van der Waals surface area contributed by atoms with Crippen LogP contribution in [0.25, 0.3) is 0 Å². The number of aromatic nitrogens is 2. The van der Waals surface area contributed by atoms with Crippen molar-refractivity contribution in [3.63, 3.8) is 0 Å². The predicted molar refractivity (Wildman–Crippen MR) is 75.9 cm³/mol. The summed E-state index contributed by atoms with van der Waals surface area (Å²) < 4.78 is 28.0. The number of rotatable bonds is 5. The summed E-state index contributed by atoms with van der Waals surface area (Å²) in [7, 11) is -1.69. The van der Waals surface area contributed by atoms with Gasteiger partial charge in [0.15, 0.2) is 5.03 Å². The van der Waals surface area contributed by atoms with Crippen LogP contribution in [0.4, 0.5) is 0 Å². The molecule has 0 aliphatic carbocycles. The van der Waals surface area contributed by atoms with Crippen molar-refractivity contribution in [2.45, 2.75) is 24.3 Å². The third kappa shape index (κ3) is 4.76. The number of nitrogens with one attached hydrogen (secondary N) is 2. The van der Waals surface area contributed by atoms with Gasteiger partial charge in [0.2, 0.25) is 0 Å². The van der Waals surface area contributed by atoms with Crippen LogP contribution in [-0.4, -0.2) is 37.6 Å². The number of halogens is 1. The van der Waals surface area contributed by atoms with Gasteiger partial charge in [0, 0.05) is 19.8 Å². The number of nitrogens with zero attached hydrogens (tertiary/aromatic N) is 2. The van der Waals surface area contributed by atoms with Gasteiger partial charge in [0.1, 0.15) is 0 Å². The molecule has 1 aliphatic rings. The van der Waals surface area contributed by atoms with E-state index in [1.807, 2.05) is 0 Å². The van der Waals surface area contributed by atoms with E-state index >= 15 is 0 Å². The van der Waals surface area contributed by atoms with Crippen LogP contribution in [0.2, 0.25) is 0 Å². The highest BCUT2D eigenvalue weighted by Gasteiger charge is 2.18. The number of hydrogen-bond acceptors (Lipinski definition) is 4. The summed E-state index contributed by atoms with van der Waals surface area (Å²) in [4.78, 5) is 3.85. The van der Waals surface area contributed by atoms with Crippen LogP contribution in [0.5, 0.6) is 0 Å². The molecule has 1 unspecified atom stereocenters. The molecule has 0 saturated carbocycles. The van der Waals surface area contributed by atoms with Gasteiger partial charge < -0.3 is 9.88 Å². The van der Waals surface area contributed by atoms with E-state index in [0.29, 0.717) is 12.5 Å². The van der Waals surface area contributed by atoms with Crippen LogP contribution in [0.1, 0.15) is 19.3 Å². The summed E-state index contributed by atoms with van der Waals surface area (Å²) in [6.07, 6.45) is 6.22. The maximum atomic E-state index is 11.9. The molecule has 1 fully saturated rings. The second kappa shape index (κ2) is 7.23. The highest BCUT2D eigenvalue weighted by molar-refractivity contribution is 7.89. The monoisotopic (exact) mass is 308 g/mol. The van der Waals surface area contributed by atoms with Crippen LogP contribution >= 0.6 is 12.4 Å². The van der Waals surface area contributed by atoms with Crippen molar-refractivity contribution in [3.05, 3.63) is 12.5 Å². The first-order valence-electron chi connectivity index (χ1n) is 6.26. The molecule has 1 saturated heterocycles. The predicted octanol–water partition coefficient (Wildman–Crippen LogP) is 0.510. The summed E-state index contributed by atoms with van der Waals surface area (Å²) in [5.74, 6) is 0.574. The Morgan fingerprint density at radius 3 is 2.95 bits per heavy atom. The smallest absolute Gasteiger partial charge is 0.259 e. The Kier molecular flexibility index (Phi) is 6.25. The molecular weight excluding hydrogens is 288 g/mol. The lowest BCUT2D eigenvalue weighted by atomic mass is 9.96. The van der Waals surface area contributed by atoms with E-state index in [9.17, 15) is 8.42 Å². The minimum Gasteiger partial charge on any atom is -0.339 e. The van der Waals surface area contributed by atoms with E-state index in [-0.39, 0.29) is 17.4 Å². The fourth-order valence-corrected chi connectivity index (χ4v) is 3.19. The summed E-state index contributed by atoms with van der Waals surface area (Å²) in [6.45, 7) is 2.55. The fourth-order valence-electron chi connectivity index (χ4n) is 2.17. The topological polar surface area (TPSA) is 76.0 Å². The van der Waals surface area contributed by atoms with Crippen LogP contribution in [0.15, 0.2) is 17.6 Å². The number of hydrogen-bond donors (Lipinski definition) is 2. The molecule has 1 aliphatic heterocycles. The molecule has 1 aromatic heterocycles. The summed E-state index contributed by atoms with van der Waals surface area (Å²) in [5.41, 5.74) is 0. The Morgan fingerprint density at radius 2 is 2.37 bits per heavy atom. The zero-order valence-corrected chi connectivity index (χ0v) is 12.6. The first-order valence-corrected chi connectivity index (χ1v) is 7.74. The van der Waals surface area contributed by atoms with Crippen molar-refractivity contribution in [1.29, 1.82) is 0 Å². The Balaban J connectivity index is 0.00000180. The molecule has 1 atom stereocenters. The molecule has 0 bridgehead atoms. The van der Waals surface area contributed by atoms with Crippen molar-refractivity contribution in [3.8, 4) is 0 Å². The van der Waals surface area contributed by atoms with E-state index in [1.54, 1.807) is 11.6 Å². The van der Waals surface area contributed by atoms with Gasteiger partial charge in [0.05, 0.1) is 6.33 Å². The van der Waals surface area contributed by atoms with E-state index in [0.717, 1.165) is 19.5 Å². The Labute approximate surface area is 120 Å². The number of imidazole rings is 1. The molecule has 2 heterocycles. The lowest BCUT2D eigenvalue weighted by molar-refractivity contribution is 0.358. The SMILES string of the molecule is Cl.Cn1cnc(S(=O)(=O)NCCC2CCCNC2)c1. The van der Waals surface area contributed by atoms with Gasteiger partial charge in [-0.25, -0.2) is 18.1 Å². The van der Waals surface area contributed by atoms with Gasteiger partial charge >= 0.3 is 0 Å². The van der Waals surface area contributed by atoms with Crippen molar-refractivity contribution >= 4 is 22.4 Å². The molecule has 1 aromatic rings. The van der Waals surface area contributed by atoms with Crippen LogP contribution < -0.4 is 10.0 Å². The number of aryl methyl sites for hydroxylation is 1. The first-order chi connectivity index (χ1) is 8.58. The highest BCUT2D eigenvalue weighted by atomic mass is 35.5. The van der Waals surface area contributed by atoms with Crippen molar-refractivity contribution < 1.29 is 8.42 Å². The van der Waals surface area contributed by atoms with Crippen LogP contribution in [-0.2, 0) is 17.1 Å². The average Bonchev–Trinajstić information content (AvgIpc) is 2.78. The maximum Gasteiger partial charge on any atom is 0.259 e. The van der Waals surface area contributed by atoms with Crippen LogP contribution in [0, 0.1) is 5.92 Å². The zero-order chi connectivity index (χ0) is 13.0. The van der Waals surface area contributed by atoms with E-state index < -0.39 is 10.0 Å². The lowest BCUT2D eigenvalue weighted by Crippen LogP contribution is -2.33. The van der Waals surface area contributed by atoms with Gasteiger partial charge in [-0.15, -0.1) is 12.4 Å². The van der Waals surface area contributed by atoms with E-state index in [4.69, 9.17) is 0 Å². The first kappa shape index (κ1) is 16.4. The molecule has 0 aromatic carbocycles. The van der Waals surface area contributed by atoms with Gasteiger partial charge in [0.25, 0.3) is 10.0 Å². The normalized spacial score (nSPS) is 19.9. The summed E-state index contributed by atoms with van der Waals surface area (Å²) >= 11 is 0. The van der Waals surface area contributed by atoms with Gasteiger partial charge in [-0.1, -0.05) is 0 Å². The molecule has 2 N–H and O–H groups in total. The third-order valence-electron chi connectivity index (χ3n) is 3.20. The standard InChI is InChI=1S/C11H20N4O2S.ClH/c1-15-8-11(13-9-15)18(16,17)14-6-4-10-3-2-5-12-7-10;/h8-10,12,14H,2-7H2,1H3;1H. The molecular formula is C11H21ClN4O2S. The largest absolute Gasteiger partial charge is 0.339 e. The Morgan fingerprint density at radius 1 is 1.58 bits per heavy atom. The van der Waals surface area contributed by atoms with Crippen molar-refractivity contribution in [1.82, 2.24) is 19.6 Å². The van der Waals surface area contributed by atoms with E-state index in [2.05, 4.69) is 15.0 Å². The second-order valence-electron chi connectivity index (χ2n) is 4.78. The molecule has 8 heteroatoms. The minimum atomic E-state index is -3.44. The molecule has 110 valence electrons. The molecule has 6 nitrogen and oxygen atoms in total. The quantitative estimate of drug-likeness (QED) is 0.831. The third-order valence-corrected chi connectivity index (χ3v) is 4.55. The zero-order valence-electron chi connectivity index (χ0n) is 11.0. The Bertz CT molecular complexity index is 483. The minimum absolute atomic E-state index is 0. The van der Waals surface area contributed by atoms with Gasteiger partial charge in [-0.05, 0) is 38.3 Å². The number of sulfonamides is 1. The summed E-state index contributed by atoms with van der Waals surface area (Å²) in [6, 6.07) is 0. The van der Waals surface area contributed by atoms with Crippen molar-refractivity contribution in [2.75, 3.05) is 19.6 Å². The van der Waals surface area contributed by atoms with Gasteiger partial charge in [-0.2, -0.15) is 0 Å². The maximum absolute atomic E-state index is 11.9. The second-order valence-corrected chi connectivity index (χ2v) is 6.49. The van der Waals surface area contributed by atoms with E-state index in [1.165, 1.54) is 25.4 Å². The molecule has 2 rings (SSSR count). The molecule has 19 heavy (non-hydrogen) atoms. The summed E-state index contributed by atoms with van der Waals surface area (Å²) in [5, 5.41) is 3.41. The van der Waals surface area contributed by atoms with Crippen molar-refractivity contribution in [2.24, 2.45) is 13.0 Å². The number of piperidine rings is 1. The Hall–Kier alpha value is -0.630. The fraction of sp³-hybridized carbons (Fsp3) is 0.727. The highest BCUT2D eigenvalue weighted by Crippen LogP contribution is 2.13. The lowest BCUT2D eigenvalue weighted by Gasteiger charge is -2.22. The molecule has 0 amide bonds. The van der Waals surface area contributed by atoms with Crippen LogP contribution in [0.3, 0.4) is 0 Å². The molecule has 0 radical (unpaired) electrons. The average molecular weight is 309 g/mol.